The molecule has 1 aromatic heterocycles. The third-order valence-corrected chi connectivity index (χ3v) is 4.71. The van der Waals surface area contributed by atoms with E-state index in [1.165, 1.54) is 26.4 Å². The van der Waals surface area contributed by atoms with Crippen molar-refractivity contribution in [1.29, 1.82) is 0 Å². The zero-order valence-corrected chi connectivity index (χ0v) is 14.4. The van der Waals surface area contributed by atoms with Gasteiger partial charge in [0.05, 0.1) is 13.2 Å². The third kappa shape index (κ3) is 3.66. The molecule has 0 aliphatic rings. The monoisotopic (exact) mass is 303 g/mol. The van der Waals surface area contributed by atoms with E-state index in [2.05, 4.69) is 57.3 Å². The average Bonchev–Trinajstić information content (AvgIpc) is 2.87. The van der Waals surface area contributed by atoms with Gasteiger partial charge in [-0.25, -0.2) is 0 Å². The minimum absolute atomic E-state index is 0.208. The molecule has 1 unspecified atom stereocenters. The van der Waals surface area contributed by atoms with Crippen molar-refractivity contribution in [2.75, 3.05) is 13.7 Å². The molecule has 2 aromatic rings. The molecule has 0 bridgehead atoms. The van der Waals surface area contributed by atoms with E-state index in [4.69, 9.17) is 4.74 Å². The molecule has 21 heavy (non-hydrogen) atoms. The molecule has 0 amide bonds. The lowest BCUT2D eigenvalue weighted by molar-refractivity contribution is 0.403. The van der Waals surface area contributed by atoms with Crippen molar-refractivity contribution in [2.45, 2.75) is 40.2 Å². The quantitative estimate of drug-likeness (QED) is 0.830. The maximum atomic E-state index is 5.66. The second kappa shape index (κ2) is 7.10. The Bertz CT molecular complexity index is 603. The van der Waals surface area contributed by atoms with Crippen LogP contribution >= 0.6 is 11.3 Å². The Morgan fingerprint density at radius 3 is 2.52 bits per heavy atom. The van der Waals surface area contributed by atoms with Gasteiger partial charge in [0.2, 0.25) is 0 Å². The topological polar surface area (TPSA) is 21.3 Å². The summed E-state index contributed by atoms with van der Waals surface area (Å²) in [6.45, 7) is 9.64. The molecule has 0 aliphatic heterocycles. The van der Waals surface area contributed by atoms with Crippen LogP contribution in [0.4, 0.5) is 0 Å². The number of thiophene rings is 1. The molecule has 2 nitrogen and oxygen atoms in total. The van der Waals surface area contributed by atoms with Crippen LogP contribution in [0.2, 0.25) is 0 Å². The van der Waals surface area contributed by atoms with E-state index in [1.54, 1.807) is 7.11 Å². The van der Waals surface area contributed by atoms with Gasteiger partial charge in [-0.05, 0) is 63.1 Å². The highest BCUT2D eigenvalue weighted by Gasteiger charge is 2.21. The van der Waals surface area contributed by atoms with Crippen molar-refractivity contribution in [2.24, 2.45) is 0 Å². The van der Waals surface area contributed by atoms with E-state index in [9.17, 15) is 0 Å². The lowest BCUT2D eigenvalue weighted by Crippen LogP contribution is -2.23. The normalized spacial score (nSPS) is 12.4. The predicted octanol–water partition coefficient (Wildman–Crippen LogP) is 4.77. The summed E-state index contributed by atoms with van der Waals surface area (Å²) in [7, 11) is 1.76. The molecule has 3 heteroatoms. The lowest BCUT2D eigenvalue weighted by Gasteiger charge is -2.23. The summed E-state index contributed by atoms with van der Waals surface area (Å²) < 4.78 is 5.66. The van der Waals surface area contributed by atoms with Crippen molar-refractivity contribution in [1.82, 2.24) is 5.32 Å². The lowest BCUT2D eigenvalue weighted by atomic mass is 9.96. The first kappa shape index (κ1) is 16.1. The summed E-state index contributed by atoms with van der Waals surface area (Å²) in [5.41, 5.74) is 3.79. The number of nitrogens with one attached hydrogen (secondary N) is 1. The largest absolute Gasteiger partial charge is 0.496 e. The van der Waals surface area contributed by atoms with Crippen LogP contribution in [0.15, 0.2) is 24.3 Å². The summed E-state index contributed by atoms with van der Waals surface area (Å²) >= 11 is 1.86. The van der Waals surface area contributed by atoms with Crippen LogP contribution < -0.4 is 10.1 Å². The van der Waals surface area contributed by atoms with Crippen LogP contribution in [0.25, 0.3) is 0 Å². The Kier molecular flexibility index (Phi) is 5.43. The Labute approximate surface area is 132 Å². The molecule has 1 N–H and O–H groups in total. The van der Waals surface area contributed by atoms with E-state index in [0.29, 0.717) is 0 Å². The van der Waals surface area contributed by atoms with Crippen LogP contribution in [0, 0.1) is 20.8 Å². The Balaban J connectivity index is 2.50. The molecule has 2 rings (SSSR count). The number of ether oxygens (including phenoxy) is 1. The minimum atomic E-state index is 0.208. The first-order valence-electron chi connectivity index (χ1n) is 7.51. The van der Waals surface area contributed by atoms with E-state index in [-0.39, 0.29) is 6.04 Å². The van der Waals surface area contributed by atoms with E-state index >= 15 is 0 Å². The SMILES string of the molecule is CCCNC(c1ccc(C)s1)c1c(C)cc(C)cc1OC. The summed E-state index contributed by atoms with van der Waals surface area (Å²) in [6.07, 6.45) is 1.12. The molecule has 1 aromatic carbocycles. The second-order valence-electron chi connectivity index (χ2n) is 5.53. The zero-order chi connectivity index (χ0) is 15.4. The van der Waals surface area contributed by atoms with Gasteiger partial charge in [-0.2, -0.15) is 0 Å². The van der Waals surface area contributed by atoms with Crippen LogP contribution in [-0.2, 0) is 0 Å². The predicted molar refractivity (Wildman–Crippen MR) is 91.7 cm³/mol. The summed E-state index contributed by atoms with van der Waals surface area (Å²) in [4.78, 5) is 2.70. The maximum absolute atomic E-state index is 5.66. The molecule has 0 spiro atoms. The molecule has 114 valence electrons. The smallest absolute Gasteiger partial charge is 0.124 e. The van der Waals surface area contributed by atoms with E-state index in [1.807, 2.05) is 11.3 Å². The highest BCUT2D eigenvalue weighted by Crippen LogP contribution is 2.36. The van der Waals surface area contributed by atoms with Crippen LogP contribution in [-0.4, -0.2) is 13.7 Å². The summed E-state index contributed by atoms with van der Waals surface area (Å²) in [5, 5.41) is 3.68. The van der Waals surface area contributed by atoms with Crippen molar-refractivity contribution >= 4 is 11.3 Å². The molecule has 0 saturated carbocycles. The third-order valence-electron chi connectivity index (χ3n) is 3.65. The van der Waals surface area contributed by atoms with Gasteiger partial charge >= 0.3 is 0 Å². The molecule has 1 atom stereocenters. The molecular formula is C18H25NOS. The van der Waals surface area contributed by atoms with Crippen LogP contribution in [0.1, 0.15) is 45.8 Å². The van der Waals surface area contributed by atoms with E-state index < -0.39 is 0 Å². The van der Waals surface area contributed by atoms with Crippen molar-refractivity contribution in [3.05, 3.63) is 50.7 Å². The highest BCUT2D eigenvalue weighted by molar-refractivity contribution is 7.12. The fraction of sp³-hybridized carbons (Fsp3) is 0.444. The van der Waals surface area contributed by atoms with Crippen molar-refractivity contribution < 1.29 is 4.74 Å². The second-order valence-corrected chi connectivity index (χ2v) is 6.85. The molecular weight excluding hydrogens is 278 g/mol. The number of benzene rings is 1. The van der Waals surface area contributed by atoms with Gasteiger partial charge in [0.25, 0.3) is 0 Å². The zero-order valence-electron chi connectivity index (χ0n) is 13.6. The number of rotatable bonds is 6. The molecule has 0 saturated heterocycles. The number of methoxy groups -OCH3 is 1. The van der Waals surface area contributed by atoms with E-state index in [0.717, 1.165) is 18.7 Å². The van der Waals surface area contributed by atoms with Crippen molar-refractivity contribution in [3.63, 3.8) is 0 Å². The molecule has 0 fully saturated rings. The van der Waals surface area contributed by atoms with Crippen molar-refractivity contribution in [3.8, 4) is 5.75 Å². The minimum Gasteiger partial charge on any atom is -0.496 e. The fourth-order valence-corrected chi connectivity index (χ4v) is 3.68. The average molecular weight is 303 g/mol. The van der Waals surface area contributed by atoms with Gasteiger partial charge in [0.1, 0.15) is 5.75 Å². The summed E-state index contributed by atoms with van der Waals surface area (Å²) in [5.74, 6) is 0.979. The number of hydrogen-bond acceptors (Lipinski definition) is 3. The summed E-state index contributed by atoms with van der Waals surface area (Å²) in [6, 6.07) is 8.99. The standard InChI is InChI=1S/C18H25NOS/c1-6-9-19-18(16-8-7-14(4)21-16)17-13(3)10-12(2)11-15(17)20-5/h7-8,10-11,18-19H,6,9H2,1-5H3. The van der Waals surface area contributed by atoms with Gasteiger partial charge in [-0.3, -0.25) is 0 Å². The van der Waals surface area contributed by atoms with Gasteiger partial charge in [-0.15, -0.1) is 11.3 Å². The van der Waals surface area contributed by atoms with Crippen LogP contribution in [0.3, 0.4) is 0 Å². The Morgan fingerprint density at radius 1 is 1.19 bits per heavy atom. The first-order chi connectivity index (χ1) is 10.1. The number of aryl methyl sites for hydroxylation is 3. The molecule has 0 aliphatic carbocycles. The van der Waals surface area contributed by atoms with Gasteiger partial charge in [-0.1, -0.05) is 13.0 Å². The molecule has 0 radical (unpaired) electrons. The Morgan fingerprint density at radius 2 is 1.95 bits per heavy atom. The van der Waals surface area contributed by atoms with Gasteiger partial charge in [0, 0.05) is 15.3 Å². The van der Waals surface area contributed by atoms with Gasteiger partial charge < -0.3 is 10.1 Å². The first-order valence-corrected chi connectivity index (χ1v) is 8.33. The van der Waals surface area contributed by atoms with Gasteiger partial charge in [0.15, 0.2) is 0 Å². The maximum Gasteiger partial charge on any atom is 0.124 e. The van der Waals surface area contributed by atoms with Crippen LogP contribution in [0.5, 0.6) is 5.75 Å². The number of hydrogen-bond donors (Lipinski definition) is 1. The Hall–Kier alpha value is -1.32. The fourth-order valence-electron chi connectivity index (χ4n) is 2.72. The highest BCUT2D eigenvalue weighted by atomic mass is 32.1. The molecule has 1 heterocycles.